The molecule has 10 heteroatoms. The molecule has 0 spiro atoms. The number of alkyl halides is 3. The summed E-state index contributed by atoms with van der Waals surface area (Å²) in [5.41, 5.74) is 0.903. The van der Waals surface area contributed by atoms with Crippen molar-refractivity contribution >= 4 is 38.9 Å². The number of carbonyl (C=O) groups excluding carboxylic acids is 1. The van der Waals surface area contributed by atoms with Crippen LogP contribution in [0, 0.1) is 6.92 Å². The Morgan fingerprint density at radius 2 is 1.74 bits per heavy atom. The molecule has 184 valence electrons. The lowest BCUT2D eigenvalue weighted by Gasteiger charge is -2.29. The van der Waals surface area contributed by atoms with E-state index < -0.39 is 39.2 Å². The number of fused-ring (bicyclic) bond motifs is 1. The average Bonchev–Trinajstić information content (AvgIpc) is 3.13. The molecule has 0 radical (unpaired) electrons. The van der Waals surface area contributed by atoms with Gasteiger partial charge in [0, 0.05) is 11.7 Å². The van der Waals surface area contributed by atoms with Gasteiger partial charge in [-0.1, -0.05) is 47.5 Å². The number of para-hydroxylation sites is 1. The highest BCUT2D eigenvalue weighted by Gasteiger charge is 2.37. The minimum absolute atomic E-state index is 0.144. The summed E-state index contributed by atoms with van der Waals surface area (Å²) in [6.45, 7) is 2.92. The fourth-order valence-electron chi connectivity index (χ4n) is 4.18. The zero-order valence-corrected chi connectivity index (χ0v) is 20.5. The standard InChI is InChI=1S/C25H22ClF3N2O3S/c1-16-7-10-20(11-8-16)35(33,34)30(19-9-12-22(26)21(14-19)25(27,28)29)15-24(32)31-17(2)13-18-5-3-4-6-23(18)31/h3-12,14,17H,13,15H2,1-2H3/t17-/m1/s1. The van der Waals surface area contributed by atoms with Crippen molar-refractivity contribution in [1.29, 1.82) is 0 Å². The van der Waals surface area contributed by atoms with E-state index in [9.17, 15) is 26.4 Å². The molecule has 4 rings (SSSR count). The quantitative estimate of drug-likeness (QED) is 0.423. The summed E-state index contributed by atoms with van der Waals surface area (Å²) in [4.78, 5) is 14.8. The van der Waals surface area contributed by atoms with Crippen LogP contribution in [0.1, 0.15) is 23.6 Å². The van der Waals surface area contributed by atoms with Crippen molar-refractivity contribution in [3.63, 3.8) is 0 Å². The number of halogens is 4. The molecular weight excluding hydrogens is 501 g/mol. The van der Waals surface area contributed by atoms with Gasteiger partial charge in [0.1, 0.15) is 6.54 Å². The smallest absolute Gasteiger partial charge is 0.307 e. The van der Waals surface area contributed by atoms with Crippen LogP contribution >= 0.6 is 11.6 Å². The maximum absolute atomic E-state index is 13.6. The van der Waals surface area contributed by atoms with Crippen LogP contribution in [0.2, 0.25) is 5.02 Å². The van der Waals surface area contributed by atoms with Crippen LogP contribution in [0.5, 0.6) is 0 Å². The second kappa shape index (κ2) is 9.20. The van der Waals surface area contributed by atoms with E-state index in [1.54, 1.807) is 31.2 Å². The monoisotopic (exact) mass is 522 g/mol. The fourth-order valence-corrected chi connectivity index (χ4v) is 5.81. The second-order valence-corrected chi connectivity index (χ2v) is 10.7. The number of amides is 1. The number of sulfonamides is 1. The Bertz CT molecular complexity index is 1380. The molecule has 0 saturated heterocycles. The molecule has 0 unspecified atom stereocenters. The predicted molar refractivity (Wildman–Crippen MR) is 129 cm³/mol. The zero-order chi connectivity index (χ0) is 25.5. The van der Waals surface area contributed by atoms with E-state index in [1.807, 2.05) is 19.1 Å². The summed E-state index contributed by atoms with van der Waals surface area (Å²) < 4.78 is 68.6. The Balaban J connectivity index is 1.80. The molecule has 5 nitrogen and oxygen atoms in total. The van der Waals surface area contributed by atoms with Gasteiger partial charge in [0.05, 0.1) is 21.2 Å². The highest BCUT2D eigenvalue weighted by Crippen LogP contribution is 2.38. The summed E-state index contributed by atoms with van der Waals surface area (Å²) in [7, 11) is -4.39. The van der Waals surface area contributed by atoms with Crippen molar-refractivity contribution in [1.82, 2.24) is 0 Å². The van der Waals surface area contributed by atoms with Gasteiger partial charge in [-0.05, 0) is 62.2 Å². The fraction of sp³-hybridized carbons (Fsp3) is 0.240. The first-order valence-electron chi connectivity index (χ1n) is 10.8. The van der Waals surface area contributed by atoms with Crippen LogP contribution in [0.3, 0.4) is 0 Å². The molecule has 1 heterocycles. The molecule has 0 fully saturated rings. The molecule has 0 N–H and O–H groups in total. The average molecular weight is 523 g/mol. The van der Waals surface area contributed by atoms with Crippen molar-refractivity contribution in [2.45, 2.75) is 37.4 Å². The van der Waals surface area contributed by atoms with Gasteiger partial charge in [-0.3, -0.25) is 9.10 Å². The Morgan fingerprint density at radius 3 is 2.40 bits per heavy atom. The lowest BCUT2D eigenvalue weighted by molar-refractivity contribution is -0.137. The van der Waals surface area contributed by atoms with Crippen molar-refractivity contribution in [2.24, 2.45) is 0 Å². The highest BCUT2D eigenvalue weighted by molar-refractivity contribution is 7.92. The van der Waals surface area contributed by atoms with Gasteiger partial charge >= 0.3 is 6.18 Å². The Hall–Kier alpha value is -3.04. The lowest BCUT2D eigenvalue weighted by atomic mass is 10.1. The number of nitrogens with zero attached hydrogens (tertiary/aromatic N) is 2. The second-order valence-electron chi connectivity index (χ2n) is 8.43. The van der Waals surface area contributed by atoms with Gasteiger partial charge in [-0.25, -0.2) is 8.42 Å². The van der Waals surface area contributed by atoms with Crippen LogP contribution in [0.15, 0.2) is 71.6 Å². The molecule has 3 aromatic rings. The van der Waals surface area contributed by atoms with E-state index in [1.165, 1.54) is 17.0 Å². The van der Waals surface area contributed by atoms with Gasteiger partial charge in [-0.15, -0.1) is 0 Å². The van der Waals surface area contributed by atoms with Gasteiger partial charge in [-0.2, -0.15) is 13.2 Å². The van der Waals surface area contributed by atoms with E-state index in [2.05, 4.69) is 0 Å². The largest absolute Gasteiger partial charge is 0.417 e. The third kappa shape index (κ3) is 4.88. The summed E-state index contributed by atoms with van der Waals surface area (Å²) >= 11 is 5.76. The number of anilines is 2. The first kappa shape index (κ1) is 25.1. The molecular formula is C25H22ClF3N2O3S. The number of rotatable bonds is 5. The number of aryl methyl sites for hydroxylation is 1. The molecule has 0 bridgehead atoms. The van der Waals surface area contributed by atoms with E-state index >= 15 is 0 Å². The SMILES string of the molecule is Cc1ccc(S(=O)(=O)N(CC(=O)N2c3ccccc3C[C@H]2C)c2ccc(Cl)c(C(F)(F)F)c2)cc1. The third-order valence-electron chi connectivity index (χ3n) is 5.91. The first-order valence-corrected chi connectivity index (χ1v) is 12.6. The van der Waals surface area contributed by atoms with Crippen LogP contribution in [-0.4, -0.2) is 26.9 Å². The van der Waals surface area contributed by atoms with Gasteiger partial charge in [0.15, 0.2) is 0 Å². The van der Waals surface area contributed by atoms with Crippen LogP contribution in [-0.2, 0) is 27.4 Å². The van der Waals surface area contributed by atoms with Gasteiger partial charge in [0.2, 0.25) is 5.91 Å². The Kier molecular flexibility index (Phi) is 6.59. The normalized spacial score (nSPS) is 15.7. The minimum atomic E-state index is -4.81. The van der Waals surface area contributed by atoms with Crippen molar-refractivity contribution < 1.29 is 26.4 Å². The Labute approximate surface area is 206 Å². The highest BCUT2D eigenvalue weighted by atomic mass is 35.5. The summed E-state index contributed by atoms with van der Waals surface area (Å²) in [5, 5.41) is -0.567. The van der Waals surface area contributed by atoms with Crippen LogP contribution in [0.25, 0.3) is 0 Å². The van der Waals surface area contributed by atoms with E-state index in [-0.39, 0.29) is 16.6 Å². The first-order chi connectivity index (χ1) is 16.4. The Morgan fingerprint density at radius 1 is 1.09 bits per heavy atom. The number of hydrogen-bond acceptors (Lipinski definition) is 3. The molecule has 3 aromatic carbocycles. The molecule has 35 heavy (non-hydrogen) atoms. The minimum Gasteiger partial charge on any atom is -0.307 e. The molecule has 0 aliphatic carbocycles. The summed E-state index contributed by atoms with van der Waals surface area (Å²) in [5.74, 6) is -0.554. The van der Waals surface area contributed by atoms with Gasteiger partial charge in [0.25, 0.3) is 10.0 Å². The zero-order valence-electron chi connectivity index (χ0n) is 18.9. The third-order valence-corrected chi connectivity index (χ3v) is 8.02. The van der Waals surface area contributed by atoms with Crippen molar-refractivity contribution in [3.8, 4) is 0 Å². The molecule has 1 amide bonds. The van der Waals surface area contributed by atoms with Crippen LogP contribution < -0.4 is 9.21 Å². The van der Waals surface area contributed by atoms with Gasteiger partial charge < -0.3 is 4.90 Å². The number of benzene rings is 3. The number of carbonyl (C=O) groups is 1. The van der Waals surface area contributed by atoms with Crippen molar-refractivity contribution in [3.05, 3.63) is 88.4 Å². The topological polar surface area (TPSA) is 57.7 Å². The lowest BCUT2D eigenvalue weighted by Crippen LogP contribution is -2.45. The maximum atomic E-state index is 13.6. The van der Waals surface area contributed by atoms with Crippen molar-refractivity contribution in [2.75, 3.05) is 15.7 Å². The van der Waals surface area contributed by atoms with E-state index in [4.69, 9.17) is 11.6 Å². The molecule has 0 aromatic heterocycles. The van der Waals surface area contributed by atoms with E-state index in [0.717, 1.165) is 23.3 Å². The molecule has 1 aliphatic rings. The molecule has 0 saturated carbocycles. The maximum Gasteiger partial charge on any atom is 0.417 e. The number of hydrogen-bond donors (Lipinski definition) is 0. The molecule has 1 aliphatic heterocycles. The van der Waals surface area contributed by atoms with E-state index in [0.29, 0.717) is 22.5 Å². The predicted octanol–water partition coefficient (Wildman–Crippen LogP) is 5.84. The van der Waals surface area contributed by atoms with Crippen LogP contribution in [0.4, 0.5) is 24.5 Å². The summed E-state index contributed by atoms with van der Waals surface area (Å²) in [6.07, 6.45) is -4.22. The summed E-state index contributed by atoms with van der Waals surface area (Å²) in [6, 6.07) is 15.7. The molecule has 1 atom stereocenters.